The van der Waals surface area contributed by atoms with Crippen LogP contribution in [-0.4, -0.2) is 13.2 Å². The summed E-state index contributed by atoms with van der Waals surface area (Å²) in [7, 11) is -3.40. The summed E-state index contributed by atoms with van der Waals surface area (Å²) in [5.74, 6) is 0.247. The lowest BCUT2D eigenvalue weighted by molar-refractivity contribution is 0.292. The SMILES string of the molecule is CC(C)(C1CCCCC1)S(N)(=O)=O. The third-order valence-corrected chi connectivity index (χ3v) is 5.12. The smallest absolute Gasteiger partial charge is 0.214 e. The van der Waals surface area contributed by atoms with Gasteiger partial charge in [-0.2, -0.15) is 0 Å². The Morgan fingerprint density at radius 3 is 2.00 bits per heavy atom. The van der Waals surface area contributed by atoms with Gasteiger partial charge < -0.3 is 0 Å². The van der Waals surface area contributed by atoms with Crippen LogP contribution in [0.3, 0.4) is 0 Å². The van der Waals surface area contributed by atoms with Crippen molar-refractivity contribution in [2.75, 3.05) is 0 Å². The second-order valence-corrected chi connectivity index (χ2v) is 6.63. The second-order valence-electron chi connectivity index (χ2n) is 4.48. The molecule has 0 radical (unpaired) electrons. The first-order valence-electron chi connectivity index (χ1n) is 4.88. The molecule has 1 fully saturated rings. The van der Waals surface area contributed by atoms with Gasteiger partial charge in [-0.3, -0.25) is 0 Å². The topological polar surface area (TPSA) is 60.2 Å². The zero-order chi connectivity index (χ0) is 10.1. The van der Waals surface area contributed by atoms with E-state index in [9.17, 15) is 8.42 Å². The Bertz CT molecular complexity index is 263. The molecule has 1 saturated carbocycles. The van der Waals surface area contributed by atoms with Gasteiger partial charge in [-0.1, -0.05) is 19.3 Å². The van der Waals surface area contributed by atoms with Gasteiger partial charge in [0.15, 0.2) is 0 Å². The predicted molar refractivity (Wildman–Crippen MR) is 53.8 cm³/mol. The lowest BCUT2D eigenvalue weighted by Crippen LogP contribution is -2.45. The van der Waals surface area contributed by atoms with Crippen molar-refractivity contribution in [1.82, 2.24) is 0 Å². The lowest BCUT2D eigenvalue weighted by atomic mass is 9.81. The molecule has 3 nitrogen and oxygen atoms in total. The Kier molecular flexibility index (Phi) is 3.02. The summed E-state index contributed by atoms with van der Waals surface area (Å²) in [6.45, 7) is 3.50. The first-order valence-corrected chi connectivity index (χ1v) is 6.42. The Morgan fingerprint density at radius 1 is 1.15 bits per heavy atom. The summed E-state index contributed by atoms with van der Waals surface area (Å²) >= 11 is 0. The summed E-state index contributed by atoms with van der Waals surface area (Å²) in [6, 6.07) is 0. The van der Waals surface area contributed by atoms with E-state index in [1.54, 1.807) is 13.8 Å². The minimum atomic E-state index is -3.40. The molecule has 1 aliphatic carbocycles. The van der Waals surface area contributed by atoms with Crippen molar-refractivity contribution in [3.63, 3.8) is 0 Å². The standard InChI is InChI=1S/C9H19NO2S/c1-9(2,13(10,11)12)8-6-4-3-5-7-8/h8H,3-7H2,1-2H3,(H2,10,11,12). The van der Waals surface area contributed by atoms with E-state index in [-0.39, 0.29) is 5.92 Å². The average Bonchev–Trinajstić information content (AvgIpc) is 2.04. The van der Waals surface area contributed by atoms with Crippen LogP contribution in [0, 0.1) is 5.92 Å². The van der Waals surface area contributed by atoms with E-state index in [1.165, 1.54) is 6.42 Å². The minimum absolute atomic E-state index is 0.247. The highest BCUT2D eigenvalue weighted by molar-refractivity contribution is 7.90. The van der Waals surface area contributed by atoms with E-state index in [4.69, 9.17) is 5.14 Å². The van der Waals surface area contributed by atoms with Gasteiger partial charge in [-0.15, -0.1) is 0 Å². The van der Waals surface area contributed by atoms with Crippen LogP contribution < -0.4 is 5.14 Å². The first-order chi connectivity index (χ1) is 5.86. The van der Waals surface area contributed by atoms with E-state index in [1.807, 2.05) is 0 Å². The molecule has 1 aliphatic rings. The molecule has 0 unspecified atom stereocenters. The zero-order valence-electron chi connectivity index (χ0n) is 8.41. The van der Waals surface area contributed by atoms with E-state index in [0.717, 1.165) is 25.7 Å². The third kappa shape index (κ3) is 2.23. The normalized spacial score (nSPS) is 21.8. The number of rotatable bonds is 2. The van der Waals surface area contributed by atoms with Crippen LogP contribution in [-0.2, 0) is 10.0 Å². The molecule has 0 spiro atoms. The van der Waals surface area contributed by atoms with Crippen molar-refractivity contribution in [2.45, 2.75) is 50.7 Å². The van der Waals surface area contributed by atoms with E-state index >= 15 is 0 Å². The minimum Gasteiger partial charge on any atom is -0.228 e. The first kappa shape index (κ1) is 11.0. The summed E-state index contributed by atoms with van der Waals surface area (Å²) in [5, 5.41) is 5.22. The maximum Gasteiger partial charge on any atom is 0.214 e. The molecule has 1 rings (SSSR count). The van der Waals surface area contributed by atoms with Gasteiger partial charge in [0, 0.05) is 0 Å². The molecule has 0 amide bonds. The molecule has 0 aromatic carbocycles. The fraction of sp³-hybridized carbons (Fsp3) is 1.00. The van der Waals surface area contributed by atoms with Crippen molar-refractivity contribution in [3.8, 4) is 0 Å². The van der Waals surface area contributed by atoms with Gasteiger partial charge in [0.05, 0.1) is 4.75 Å². The summed E-state index contributed by atoms with van der Waals surface area (Å²) in [6.07, 6.45) is 5.53. The largest absolute Gasteiger partial charge is 0.228 e. The van der Waals surface area contributed by atoms with Crippen molar-refractivity contribution in [1.29, 1.82) is 0 Å². The molecule has 0 aromatic rings. The Balaban J connectivity index is 2.79. The number of primary sulfonamides is 1. The summed E-state index contributed by atoms with van der Waals surface area (Å²) in [5.41, 5.74) is 0. The van der Waals surface area contributed by atoms with E-state index in [2.05, 4.69) is 0 Å². The van der Waals surface area contributed by atoms with Crippen LogP contribution in [0.2, 0.25) is 0 Å². The quantitative estimate of drug-likeness (QED) is 0.745. The number of hydrogen-bond donors (Lipinski definition) is 1. The lowest BCUT2D eigenvalue weighted by Gasteiger charge is -2.34. The molecule has 2 N–H and O–H groups in total. The van der Waals surface area contributed by atoms with Gasteiger partial charge in [-0.05, 0) is 32.6 Å². The summed E-state index contributed by atoms with van der Waals surface area (Å²) in [4.78, 5) is 0. The second kappa shape index (κ2) is 3.58. The van der Waals surface area contributed by atoms with Crippen LogP contribution >= 0.6 is 0 Å². The van der Waals surface area contributed by atoms with Gasteiger partial charge >= 0.3 is 0 Å². The molecule has 0 heterocycles. The average molecular weight is 205 g/mol. The molecular weight excluding hydrogens is 186 g/mol. The molecule has 0 aliphatic heterocycles. The Labute approximate surface area is 80.8 Å². The maximum absolute atomic E-state index is 11.3. The fourth-order valence-electron chi connectivity index (χ4n) is 2.03. The van der Waals surface area contributed by atoms with E-state index in [0.29, 0.717) is 0 Å². The van der Waals surface area contributed by atoms with Gasteiger partial charge in [0.2, 0.25) is 10.0 Å². The molecule has 0 aromatic heterocycles. The maximum atomic E-state index is 11.3. The van der Waals surface area contributed by atoms with Crippen molar-refractivity contribution in [3.05, 3.63) is 0 Å². The van der Waals surface area contributed by atoms with Crippen molar-refractivity contribution in [2.24, 2.45) is 11.1 Å². The molecule has 0 bridgehead atoms. The molecule has 4 heteroatoms. The van der Waals surface area contributed by atoms with Crippen LogP contribution in [0.25, 0.3) is 0 Å². The molecule has 0 atom stereocenters. The molecular formula is C9H19NO2S. The van der Waals surface area contributed by atoms with Crippen molar-refractivity contribution >= 4 is 10.0 Å². The highest BCUT2D eigenvalue weighted by Crippen LogP contribution is 2.36. The van der Waals surface area contributed by atoms with Crippen LogP contribution in [0.5, 0.6) is 0 Å². The molecule has 0 saturated heterocycles. The molecule has 78 valence electrons. The van der Waals surface area contributed by atoms with Crippen LogP contribution in [0.15, 0.2) is 0 Å². The van der Waals surface area contributed by atoms with Gasteiger partial charge in [0.25, 0.3) is 0 Å². The highest BCUT2D eigenvalue weighted by atomic mass is 32.2. The number of nitrogens with two attached hydrogens (primary N) is 1. The van der Waals surface area contributed by atoms with Crippen LogP contribution in [0.4, 0.5) is 0 Å². The fourth-order valence-corrected chi connectivity index (χ4v) is 2.73. The monoisotopic (exact) mass is 205 g/mol. The van der Waals surface area contributed by atoms with E-state index < -0.39 is 14.8 Å². The Hall–Kier alpha value is -0.0900. The van der Waals surface area contributed by atoms with Gasteiger partial charge in [0.1, 0.15) is 0 Å². The predicted octanol–water partition coefficient (Wildman–Crippen LogP) is 1.63. The summed E-state index contributed by atoms with van der Waals surface area (Å²) < 4.78 is 21.9. The van der Waals surface area contributed by atoms with Crippen molar-refractivity contribution < 1.29 is 8.42 Å². The third-order valence-electron chi connectivity index (χ3n) is 3.32. The zero-order valence-corrected chi connectivity index (χ0v) is 9.23. The number of sulfonamides is 1. The Morgan fingerprint density at radius 2 is 1.62 bits per heavy atom. The molecule has 13 heavy (non-hydrogen) atoms. The van der Waals surface area contributed by atoms with Crippen LogP contribution in [0.1, 0.15) is 46.0 Å². The number of hydrogen-bond acceptors (Lipinski definition) is 2. The highest BCUT2D eigenvalue weighted by Gasteiger charge is 2.39. The van der Waals surface area contributed by atoms with Gasteiger partial charge in [-0.25, -0.2) is 13.6 Å².